The number of thiazole rings is 1. The van der Waals surface area contributed by atoms with Crippen LogP contribution in [0.15, 0.2) is 5.51 Å². The third-order valence-corrected chi connectivity index (χ3v) is 6.17. The summed E-state index contributed by atoms with van der Waals surface area (Å²) in [6.45, 7) is 13.0. The lowest BCUT2D eigenvalue weighted by Gasteiger charge is -2.35. The summed E-state index contributed by atoms with van der Waals surface area (Å²) in [4.78, 5) is 17.5. The summed E-state index contributed by atoms with van der Waals surface area (Å²) < 4.78 is 1.06. The van der Waals surface area contributed by atoms with E-state index in [2.05, 4.69) is 25.8 Å². The van der Waals surface area contributed by atoms with E-state index in [1.165, 1.54) is 16.6 Å². The Hall–Kier alpha value is 0.0900. The number of thioether (sulfide) groups is 1. The molecule has 0 atom stereocenters. The fourth-order valence-corrected chi connectivity index (χ4v) is 4.05. The molecule has 122 valence electrons. The maximum absolute atomic E-state index is 12.0. The quantitative estimate of drug-likeness (QED) is 0.572. The van der Waals surface area contributed by atoms with Crippen LogP contribution in [0.5, 0.6) is 0 Å². The highest BCUT2D eigenvalue weighted by Gasteiger charge is 2.21. The van der Waals surface area contributed by atoms with Gasteiger partial charge in [-0.15, -0.1) is 11.3 Å². The highest BCUT2D eigenvalue weighted by atomic mass is 79.9. The van der Waals surface area contributed by atoms with Crippen LogP contribution in [-0.2, 0) is 11.2 Å². The van der Waals surface area contributed by atoms with E-state index in [4.69, 9.17) is 0 Å². The Balaban J connectivity index is 0.00000400. The number of carbonyl (C=O) groups excluding carboxylic acids is 1. The molecular formula is C15H27BrN2OS2. The Morgan fingerprint density at radius 1 is 1.29 bits per heavy atom. The van der Waals surface area contributed by atoms with Gasteiger partial charge in [0.15, 0.2) is 5.12 Å². The van der Waals surface area contributed by atoms with E-state index in [9.17, 15) is 4.79 Å². The van der Waals surface area contributed by atoms with Crippen LogP contribution in [0.3, 0.4) is 0 Å². The number of aryl methyl sites for hydroxylation is 2. The average molecular weight is 395 g/mol. The van der Waals surface area contributed by atoms with E-state index in [-0.39, 0.29) is 17.0 Å². The van der Waals surface area contributed by atoms with Crippen molar-refractivity contribution < 1.29 is 26.3 Å². The summed E-state index contributed by atoms with van der Waals surface area (Å²) in [5.41, 5.74) is 2.99. The van der Waals surface area contributed by atoms with Crippen molar-refractivity contribution in [3.05, 3.63) is 16.1 Å². The van der Waals surface area contributed by atoms with Gasteiger partial charge in [0.25, 0.3) is 0 Å². The van der Waals surface area contributed by atoms with Crippen LogP contribution in [0.2, 0.25) is 0 Å². The Morgan fingerprint density at radius 3 is 2.38 bits per heavy atom. The molecule has 0 radical (unpaired) electrons. The van der Waals surface area contributed by atoms with E-state index in [0.717, 1.165) is 48.5 Å². The zero-order chi connectivity index (χ0) is 15.0. The molecule has 3 nitrogen and oxygen atoms in total. The maximum atomic E-state index is 12.0. The molecule has 0 aliphatic heterocycles. The Kier molecular flexibility index (Phi) is 10.8. The van der Waals surface area contributed by atoms with Crippen molar-refractivity contribution >= 4 is 28.2 Å². The number of rotatable bonds is 9. The molecule has 0 amide bonds. The maximum Gasteiger partial charge on any atom is 0.194 e. The van der Waals surface area contributed by atoms with E-state index in [1.54, 1.807) is 11.3 Å². The van der Waals surface area contributed by atoms with Gasteiger partial charge in [-0.3, -0.25) is 4.79 Å². The van der Waals surface area contributed by atoms with Crippen LogP contribution in [0, 0.1) is 6.92 Å². The van der Waals surface area contributed by atoms with Crippen molar-refractivity contribution in [3.63, 3.8) is 0 Å². The SMILES string of the molecule is CC[N+](CC)(CC)CCC(=O)SCCc1scnc1C.[Br-]. The second kappa shape index (κ2) is 10.8. The Labute approximate surface area is 147 Å². The molecule has 0 saturated heterocycles. The lowest BCUT2D eigenvalue weighted by molar-refractivity contribution is -0.922. The first-order chi connectivity index (χ1) is 9.56. The van der Waals surface area contributed by atoms with E-state index in [0.29, 0.717) is 11.5 Å². The predicted molar refractivity (Wildman–Crippen MR) is 89.4 cm³/mol. The largest absolute Gasteiger partial charge is 1.00 e. The van der Waals surface area contributed by atoms with Gasteiger partial charge < -0.3 is 21.5 Å². The standard InChI is InChI=1S/C15H27N2OS2.BrH/c1-5-17(6-2,7-3)10-8-15(18)19-11-9-14-13(4)16-12-20-14;/h12H,5-11H2,1-4H3;1H/q+1;/p-1. The minimum absolute atomic E-state index is 0. The average Bonchev–Trinajstić information content (AvgIpc) is 2.87. The molecule has 1 rings (SSSR count). The van der Waals surface area contributed by atoms with Crippen LogP contribution in [0.25, 0.3) is 0 Å². The summed E-state index contributed by atoms with van der Waals surface area (Å²) >= 11 is 3.18. The lowest BCUT2D eigenvalue weighted by atomic mass is 10.3. The molecule has 0 saturated carbocycles. The highest BCUT2D eigenvalue weighted by Crippen LogP contribution is 2.17. The summed E-state index contributed by atoms with van der Waals surface area (Å²) in [7, 11) is 0. The molecule has 1 aromatic heterocycles. The lowest BCUT2D eigenvalue weighted by Crippen LogP contribution is -3.00. The molecular weight excluding hydrogens is 368 g/mol. The van der Waals surface area contributed by atoms with Gasteiger partial charge in [-0.2, -0.15) is 0 Å². The normalized spacial score (nSPS) is 11.2. The van der Waals surface area contributed by atoms with Crippen molar-refractivity contribution in [1.29, 1.82) is 0 Å². The van der Waals surface area contributed by atoms with Gasteiger partial charge >= 0.3 is 0 Å². The fourth-order valence-electron chi connectivity index (χ4n) is 2.37. The van der Waals surface area contributed by atoms with Gasteiger partial charge in [0.2, 0.25) is 0 Å². The zero-order valence-corrected chi connectivity index (χ0v) is 16.7. The molecule has 0 aromatic carbocycles. The minimum Gasteiger partial charge on any atom is -1.00 e. The van der Waals surface area contributed by atoms with E-state index >= 15 is 0 Å². The smallest absolute Gasteiger partial charge is 0.194 e. The first-order valence-electron chi connectivity index (χ1n) is 7.46. The topological polar surface area (TPSA) is 30.0 Å². The van der Waals surface area contributed by atoms with Crippen molar-refractivity contribution in [1.82, 2.24) is 4.98 Å². The molecule has 1 heterocycles. The third-order valence-electron chi connectivity index (χ3n) is 4.24. The summed E-state index contributed by atoms with van der Waals surface area (Å²) in [6, 6.07) is 0. The molecule has 6 heteroatoms. The number of halogens is 1. The second-order valence-electron chi connectivity index (χ2n) is 5.10. The molecule has 1 aromatic rings. The van der Waals surface area contributed by atoms with Crippen LogP contribution in [-0.4, -0.2) is 46.5 Å². The molecule has 0 bridgehead atoms. The van der Waals surface area contributed by atoms with Crippen LogP contribution < -0.4 is 17.0 Å². The number of quaternary nitrogens is 1. The molecule has 0 spiro atoms. The summed E-state index contributed by atoms with van der Waals surface area (Å²) in [5, 5.41) is 0.338. The van der Waals surface area contributed by atoms with Crippen molar-refractivity contribution in [2.45, 2.75) is 40.5 Å². The molecule has 0 fully saturated rings. The Bertz CT molecular complexity index is 411. The molecule has 21 heavy (non-hydrogen) atoms. The number of aromatic nitrogens is 1. The van der Waals surface area contributed by atoms with Crippen molar-refractivity contribution in [2.24, 2.45) is 0 Å². The number of carbonyl (C=O) groups is 1. The van der Waals surface area contributed by atoms with Crippen LogP contribution >= 0.6 is 23.1 Å². The van der Waals surface area contributed by atoms with Gasteiger partial charge in [0.1, 0.15) is 0 Å². The molecule has 0 aliphatic carbocycles. The third kappa shape index (κ3) is 6.80. The van der Waals surface area contributed by atoms with Crippen LogP contribution in [0.4, 0.5) is 0 Å². The monoisotopic (exact) mass is 394 g/mol. The molecule has 0 N–H and O–H groups in total. The highest BCUT2D eigenvalue weighted by molar-refractivity contribution is 8.13. The predicted octanol–water partition coefficient (Wildman–Crippen LogP) is 0.524. The summed E-state index contributed by atoms with van der Waals surface area (Å²) in [5.74, 6) is 0.881. The van der Waals surface area contributed by atoms with Gasteiger partial charge in [0.05, 0.1) is 43.8 Å². The van der Waals surface area contributed by atoms with E-state index < -0.39 is 0 Å². The van der Waals surface area contributed by atoms with Gasteiger partial charge in [-0.1, -0.05) is 11.8 Å². The van der Waals surface area contributed by atoms with Gasteiger partial charge in [-0.25, -0.2) is 4.98 Å². The number of hydrogen-bond donors (Lipinski definition) is 0. The van der Waals surface area contributed by atoms with Gasteiger partial charge in [-0.05, 0) is 34.1 Å². The zero-order valence-electron chi connectivity index (χ0n) is 13.5. The van der Waals surface area contributed by atoms with Crippen molar-refractivity contribution in [3.8, 4) is 0 Å². The Morgan fingerprint density at radius 2 is 1.90 bits per heavy atom. The second-order valence-corrected chi connectivity index (χ2v) is 7.19. The first-order valence-corrected chi connectivity index (χ1v) is 9.33. The first kappa shape index (κ1) is 21.1. The summed E-state index contributed by atoms with van der Waals surface area (Å²) in [6.07, 6.45) is 1.66. The molecule has 0 aliphatic rings. The fraction of sp³-hybridized carbons (Fsp3) is 0.733. The number of nitrogens with zero attached hydrogens (tertiary/aromatic N) is 2. The van der Waals surface area contributed by atoms with Crippen LogP contribution in [0.1, 0.15) is 37.8 Å². The number of hydrogen-bond acceptors (Lipinski definition) is 4. The van der Waals surface area contributed by atoms with Gasteiger partial charge in [0, 0.05) is 10.6 Å². The molecule has 0 unspecified atom stereocenters. The van der Waals surface area contributed by atoms with E-state index in [1.807, 2.05) is 12.4 Å². The minimum atomic E-state index is 0. The van der Waals surface area contributed by atoms with Crippen molar-refractivity contribution in [2.75, 3.05) is 31.9 Å².